The van der Waals surface area contributed by atoms with Crippen molar-refractivity contribution >= 4 is 52.0 Å². The van der Waals surface area contributed by atoms with Gasteiger partial charge in [-0.1, -0.05) is 11.6 Å². The molecule has 7 heterocycles. The van der Waals surface area contributed by atoms with Crippen LogP contribution in [-0.4, -0.2) is 154 Å². The molecule has 8 rings (SSSR count). The van der Waals surface area contributed by atoms with Crippen molar-refractivity contribution in [2.24, 2.45) is 18.9 Å². The lowest BCUT2D eigenvalue weighted by Crippen LogP contribution is -2.62. The van der Waals surface area contributed by atoms with Crippen LogP contribution >= 0.6 is 11.6 Å². The highest BCUT2D eigenvalue weighted by atomic mass is 35.5. The summed E-state index contributed by atoms with van der Waals surface area (Å²) in [5.74, 6) is -1.84. The largest absolute Gasteiger partial charge is 0.477 e. The van der Waals surface area contributed by atoms with Crippen molar-refractivity contribution in [3.63, 3.8) is 0 Å². The number of hydrogen-bond donors (Lipinski definition) is 5. The molecule has 3 aliphatic heterocycles. The number of benzene rings is 1. The fourth-order valence-corrected chi connectivity index (χ4v) is 9.42. The lowest BCUT2D eigenvalue weighted by Gasteiger charge is -2.46. The fourth-order valence-electron chi connectivity index (χ4n) is 9.15. The predicted molar refractivity (Wildman–Crippen MR) is 225 cm³/mol. The van der Waals surface area contributed by atoms with Crippen LogP contribution < -0.4 is 10.6 Å². The third-order valence-corrected chi connectivity index (χ3v) is 12.9. The first-order valence-corrected chi connectivity index (χ1v) is 21.3. The molecule has 0 spiro atoms. The van der Waals surface area contributed by atoms with E-state index in [1.165, 1.54) is 35.9 Å². The first-order valence-electron chi connectivity index (χ1n) is 20.9. The van der Waals surface area contributed by atoms with Gasteiger partial charge < -0.3 is 49.4 Å². The number of aromatic nitrogens is 6. The van der Waals surface area contributed by atoms with E-state index in [9.17, 15) is 47.7 Å². The van der Waals surface area contributed by atoms with E-state index in [0.29, 0.717) is 66.1 Å². The van der Waals surface area contributed by atoms with Crippen LogP contribution in [0.2, 0.25) is 5.02 Å². The molecule has 3 amide bonds. The number of pyridine rings is 1. The van der Waals surface area contributed by atoms with E-state index in [1.807, 2.05) is 0 Å². The number of likely N-dealkylation sites (tertiary alicyclic amines) is 1. The number of carboxylic acids is 1. The number of anilines is 1. The number of halogens is 4. The van der Waals surface area contributed by atoms with E-state index < -0.39 is 23.7 Å². The van der Waals surface area contributed by atoms with Crippen molar-refractivity contribution < 1.29 is 52.2 Å². The van der Waals surface area contributed by atoms with Gasteiger partial charge in [0.25, 0.3) is 11.8 Å². The number of aliphatic carboxylic acids is 1. The van der Waals surface area contributed by atoms with E-state index in [-0.39, 0.29) is 96.3 Å². The van der Waals surface area contributed by atoms with Crippen molar-refractivity contribution in [3.8, 4) is 17.1 Å². The molecule has 0 aliphatic carbocycles. The molecule has 1 aromatic carbocycles. The van der Waals surface area contributed by atoms with E-state index in [2.05, 4.69) is 25.7 Å². The van der Waals surface area contributed by atoms with E-state index in [4.69, 9.17) is 11.6 Å². The Kier molecular flexibility index (Phi) is 12.5. The maximum atomic E-state index is 14.4. The summed E-state index contributed by atoms with van der Waals surface area (Å²) in [4.78, 5) is 64.2. The molecule has 340 valence electrons. The smallest absolute Gasteiger partial charge is 0.435 e. The van der Waals surface area contributed by atoms with Gasteiger partial charge in [-0.25, -0.2) is 19.4 Å². The van der Waals surface area contributed by atoms with E-state index in [1.54, 1.807) is 26.5 Å². The summed E-state index contributed by atoms with van der Waals surface area (Å²) in [7, 11) is 1.39. The number of piperazine rings is 1. The summed E-state index contributed by atoms with van der Waals surface area (Å²) in [6.07, 6.45) is -1.40. The lowest BCUT2D eigenvalue weighted by atomic mass is 9.90. The van der Waals surface area contributed by atoms with Crippen molar-refractivity contribution in [2.45, 2.75) is 32.2 Å². The number of fused-ring (bicyclic) bond motifs is 1. The van der Waals surface area contributed by atoms with Crippen LogP contribution in [-0.2, 0) is 36.0 Å². The average Bonchev–Trinajstić information content (AvgIpc) is 3.97. The first-order chi connectivity index (χ1) is 30.6. The van der Waals surface area contributed by atoms with Gasteiger partial charge in [0.15, 0.2) is 23.9 Å². The lowest BCUT2D eigenvalue weighted by molar-refractivity contribution is -0.929. The highest BCUT2D eigenvalue weighted by Crippen LogP contribution is 2.37. The molecule has 0 atom stereocenters. The third-order valence-electron chi connectivity index (χ3n) is 12.6. The Morgan fingerprint density at radius 2 is 1.72 bits per heavy atom. The van der Waals surface area contributed by atoms with E-state index in [0.717, 1.165) is 36.7 Å². The molecule has 3 aliphatic rings. The number of hydrogen-bond acceptors (Lipinski definition) is 10. The zero-order valence-electron chi connectivity index (χ0n) is 34.9. The number of nitrogens with one attached hydrogen (secondary N) is 2. The second kappa shape index (κ2) is 18.0. The average molecular weight is 911 g/mol. The van der Waals surface area contributed by atoms with Gasteiger partial charge in [0.05, 0.1) is 71.9 Å². The monoisotopic (exact) mass is 910 g/mol. The minimum atomic E-state index is -4.89. The Morgan fingerprint density at radius 3 is 2.34 bits per heavy atom. The van der Waals surface area contributed by atoms with Crippen LogP contribution in [0, 0.1) is 11.8 Å². The van der Waals surface area contributed by atoms with Gasteiger partial charge in [0, 0.05) is 95.1 Å². The number of quaternary nitrogens is 1. The molecule has 3 saturated heterocycles. The van der Waals surface area contributed by atoms with Crippen molar-refractivity contribution in [1.29, 1.82) is 0 Å². The number of rotatable bonds is 13. The van der Waals surface area contributed by atoms with Gasteiger partial charge in [-0.05, 0) is 36.4 Å². The van der Waals surface area contributed by atoms with Crippen LogP contribution in [0.5, 0.6) is 0 Å². The number of aliphatic hydroxyl groups excluding tert-OH is 2. The Hall–Kier alpha value is -5.87. The number of nitrogens with zero attached hydrogens (tertiary/aromatic N) is 9. The number of carbonyl (C=O) groups excluding carboxylic acids is 3. The van der Waals surface area contributed by atoms with Crippen molar-refractivity contribution in [3.05, 3.63) is 76.6 Å². The molecular weight excluding hydrogens is 863 g/mol. The normalized spacial score (nSPS) is 19.5. The Bertz CT molecular complexity index is 2590. The molecule has 5 N–H and O–H groups in total. The second-order valence-corrected chi connectivity index (χ2v) is 17.1. The zero-order chi connectivity index (χ0) is 45.5. The molecule has 64 heavy (non-hydrogen) atoms. The molecule has 0 bridgehead atoms. The van der Waals surface area contributed by atoms with Gasteiger partial charge in [0.2, 0.25) is 5.91 Å². The summed E-state index contributed by atoms with van der Waals surface area (Å²) in [5, 5.41) is 38.6. The standard InChI is InChI=1S/C42H47ClF3N11O7/c1-52-34(30-21-56(51-37(30)42(44,45)46)35-5-4-33-32(50-35)17-28(24-59)55(33)12-15-58)20-48-38(52)39(62)49-27-2-3-29(31(43)16-27)41(64)54-10-8-53(9-11-54)40(63)26-6-13-57(14-7-26,23-36(60)61)22-25-18-47-19-25/h2-5,16-17,20-21,25-26,47,58-59H,6-15,18-19,22-24H2,1H3,(H-,49,60,61,62,64)/p+1. The summed E-state index contributed by atoms with van der Waals surface area (Å²) in [5.41, 5.74) is 0.137. The molecule has 18 nitrogen and oxygen atoms in total. The third kappa shape index (κ3) is 8.94. The number of alkyl halides is 3. The summed E-state index contributed by atoms with van der Waals surface area (Å²) in [6, 6.07) is 8.98. The SMILES string of the molecule is Cn1c(-c2cn(-c3ccc4c(cc(CO)n4CCO)n3)nc2C(F)(F)F)cnc1C(=O)Nc1ccc(C(=O)N2CCN(C(=O)C3CC[N+](CC(=O)O)(CC4CNC4)CC3)CC2)c(Cl)c1. The predicted octanol–water partition coefficient (Wildman–Crippen LogP) is 2.85. The molecule has 5 aromatic rings. The molecule has 0 radical (unpaired) electrons. The Morgan fingerprint density at radius 1 is 1.00 bits per heavy atom. The Labute approximate surface area is 369 Å². The number of carbonyl (C=O) groups is 4. The highest BCUT2D eigenvalue weighted by Gasteiger charge is 2.43. The van der Waals surface area contributed by atoms with Crippen molar-refractivity contribution in [1.82, 2.24) is 44.0 Å². The van der Waals surface area contributed by atoms with Gasteiger partial charge in [-0.15, -0.1) is 0 Å². The second-order valence-electron chi connectivity index (χ2n) is 16.7. The van der Waals surface area contributed by atoms with Gasteiger partial charge in [-0.2, -0.15) is 18.3 Å². The van der Waals surface area contributed by atoms with Crippen molar-refractivity contribution in [2.75, 3.05) is 77.4 Å². The van der Waals surface area contributed by atoms with Crippen LogP contribution in [0.4, 0.5) is 18.9 Å². The zero-order valence-corrected chi connectivity index (χ0v) is 35.6. The van der Waals surface area contributed by atoms with Crippen LogP contribution in [0.1, 0.15) is 45.2 Å². The maximum absolute atomic E-state index is 14.4. The Balaban J connectivity index is 0.898. The fraction of sp³-hybridized carbons (Fsp3) is 0.452. The van der Waals surface area contributed by atoms with Gasteiger partial charge in [-0.3, -0.25) is 14.4 Å². The number of piperidine rings is 1. The number of aliphatic hydroxyl groups is 2. The van der Waals surface area contributed by atoms with Gasteiger partial charge in [0.1, 0.15) is 0 Å². The number of amides is 3. The van der Waals surface area contributed by atoms with E-state index >= 15 is 0 Å². The summed E-state index contributed by atoms with van der Waals surface area (Å²) >= 11 is 6.57. The summed E-state index contributed by atoms with van der Waals surface area (Å²) < 4.78 is 47.6. The summed E-state index contributed by atoms with van der Waals surface area (Å²) in [6.45, 7) is 4.80. The maximum Gasteiger partial charge on any atom is 0.435 e. The van der Waals surface area contributed by atoms with Crippen LogP contribution in [0.15, 0.2) is 48.8 Å². The molecule has 0 saturated carbocycles. The number of imidazole rings is 1. The first kappa shape index (κ1) is 44.7. The topological polar surface area (TPSA) is 213 Å². The minimum absolute atomic E-state index is 0.0236. The molecule has 4 aromatic heterocycles. The van der Waals surface area contributed by atoms with Crippen LogP contribution in [0.25, 0.3) is 28.1 Å². The highest BCUT2D eigenvalue weighted by molar-refractivity contribution is 6.34. The van der Waals surface area contributed by atoms with Gasteiger partial charge >= 0.3 is 12.1 Å². The molecular formula is C42H48ClF3N11O7+. The minimum Gasteiger partial charge on any atom is -0.477 e. The quantitative estimate of drug-likeness (QED) is 0.108. The molecule has 22 heteroatoms. The molecule has 3 fully saturated rings. The molecule has 0 unspecified atom stereocenters. The number of carboxylic acid groups (broad SMARTS) is 1. The van der Waals surface area contributed by atoms with Crippen LogP contribution in [0.3, 0.4) is 0 Å².